The molecule has 0 aliphatic rings. The molecule has 2 aromatic rings. The lowest BCUT2D eigenvalue weighted by Crippen LogP contribution is -2.02. The van der Waals surface area contributed by atoms with E-state index in [0.29, 0.717) is 0 Å². The minimum Gasteiger partial charge on any atom is -0.494 e. The topological polar surface area (TPSA) is 31.4 Å². The molecule has 31 heavy (non-hydrogen) atoms. The fraction of sp³-hybridized carbons (Fsp3) is 0.607. The first-order valence-electron chi connectivity index (χ1n) is 12.6. The van der Waals surface area contributed by atoms with Gasteiger partial charge in [-0.3, -0.25) is 4.98 Å². The summed E-state index contributed by atoms with van der Waals surface area (Å²) < 4.78 is 11.6. The van der Waals surface area contributed by atoms with Gasteiger partial charge in [-0.2, -0.15) is 0 Å². The van der Waals surface area contributed by atoms with Crippen LogP contribution in [-0.2, 0) is 11.2 Å². The number of pyridine rings is 1. The zero-order chi connectivity index (χ0) is 22.0. The third kappa shape index (κ3) is 11.4. The Hall–Kier alpha value is -1.87. The van der Waals surface area contributed by atoms with Crippen LogP contribution in [0.3, 0.4) is 0 Å². The first-order chi connectivity index (χ1) is 15.3. The molecule has 3 heteroatoms. The van der Waals surface area contributed by atoms with Gasteiger partial charge >= 0.3 is 0 Å². The molecule has 0 saturated carbocycles. The Kier molecular flexibility index (Phi) is 13.7. The summed E-state index contributed by atoms with van der Waals surface area (Å²) in [5.41, 5.74) is 3.50. The Morgan fingerprint density at radius 3 is 1.97 bits per heavy atom. The fourth-order valence-corrected chi connectivity index (χ4v) is 3.63. The molecule has 1 heterocycles. The molecule has 1 aromatic carbocycles. The third-order valence-electron chi connectivity index (χ3n) is 5.64. The molecule has 0 unspecified atom stereocenters. The van der Waals surface area contributed by atoms with Crippen molar-refractivity contribution in [2.45, 2.75) is 90.9 Å². The first kappa shape index (κ1) is 25.4. The van der Waals surface area contributed by atoms with Gasteiger partial charge in [-0.05, 0) is 68.0 Å². The van der Waals surface area contributed by atoms with E-state index >= 15 is 0 Å². The largest absolute Gasteiger partial charge is 0.494 e. The summed E-state index contributed by atoms with van der Waals surface area (Å²) in [5, 5.41) is 0. The number of nitrogens with zero attached hydrogens (tertiary/aromatic N) is 1. The van der Waals surface area contributed by atoms with Crippen molar-refractivity contribution in [1.29, 1.82) is 0 Å². The van der Waals surface area contributed by atoms with Crippen LogP contribution >= 0.6 is 0 Å². The molecule has 0 spiro atoms. The molecule has 0 atom stereocenters. The Morgan fingerprint density at radius 2 is 1.29 bits per heavy atom. The Balaban J connectivity index is 1.60. The van der Waals surface area contributed by atoms with E-state index in [1.165, 1.54) is 63.4 Å². The zero-order valence-corrected chi connectivity index (χ0v) is 19.9. The van der Waals surface area contributed by atoms with Crippen LogP contribution in [0.4, 0.5) is 0 Å². The number of aryl methyl sites for hydroxylation is 1. The summed E-state index contributed by atoms with van der Waals surface area (Å²) in [4.78, 5) is 4.67. The average Bonchev–Trinajstić information content (AvgIpc) is 2.81. The van der Waals surface area contributed by atoms with Crippen molar-refractivity contribution >= 4 is 0 Å². The number of hydrogen-bond donors (Lipinski definition) is 0. The number of unbranched alkanes of at least 4 members (excludes halogenated alkanes) is 8. The van der Waals surface area contributed by atoms with Gasteiger partial charge in [-0.1, -0.05) is 64.9 Å². The van der Waals surface area contributed by atoms with Crippen LogP contribution < -0.4 is 4.74 Å². The fourth-order valence-electron chi connectivity index (χ4n) is 3.63. The van der Waals surface area contributed by atoms with Crippen LogP contribution in [-0.4, -0.2) is 24.8 Å². The highest BCUT2D eigenvalue weighted by Gasteiger charge is 2.02. The SMILES string of the molecule is CCCCCCCc1ccc(-c2ccc(OCCCCOCCCCCC)cc2)nc1. The summed E-state index contributed by atoms with van der Waals surface area (Å²) >= 11 is 0. The lowest BCUT2D eigenvalue weighted by atomic mass is 10.1. The Bertz CT molecular complexity index is 666. The smallest absolute Gasteiger partial charge is 0.119 e. The predicted molar refractivity (Wildman–Crippen MR) is 132 cm³/mol. The van der Waals surface area contributed by atoms with Crippen molar-refractivity contribution in [3.05, 3.63) is 48.2 Å². The van der Waals surface area contributed by atoms with Gasteiger partial charge in [0, 0.05) is 25.0 Å². The molecule has 1 aromatic heterocycles. The van der Waals surface area contributed by atoms with E-state index in [9.17, 15) is 0 Å². The van der Waals surface area contributed by atoms with Crippen LogP contribution in [0.1, 0.15) is 90.0 Å². The average molecular weight is 426 g/mol. The number of ether oxygens (including phenoxy) is 2. The summed E-state index contributed by atoms with van der Waals surface area (Å²) in [5.74, 6) is 0.924. The molecule has 0 saturated heterocycles. The molecule has 0 aliphatic heterocycles. The molecular weight excluding hydrogens is 382 g/mol. The van der Waals surface area contributed by atoms with E-state index in [-0.39, 0.29) is 0 Å². The van der Waals surface area contributed by atoms with Gasteiger partial charge in [0.1, 0.15) is 5.75 Å². The molecule has 2 rings (SSSR count). The van der Waals surface area contributed by atoms with E-state index in [1.807, 2.05) is 18.3 Å². The van der Waals surface area contributed by atoms with Crippen LogP contribution in [0.5, 0.6) is 5.75 Å². The maximum Gasteiger partial charge on any atom is 0.119 e. The number of rotatable bonds is 18. The Morgan fingerprint density at radius 1 is 0.645 bits per heavy atom. The zero-order valence-electron chi connectivity index (χ0n) is 19.9. The quantitative estimate of drug-likeness (QED) is 0.227. The van der Waals surface area contributed by atoms with Gasteiger partial charge < -0.3 is 9.47 Å². The van der Waals surface area contributed by atoms with Gasteiger partial charge in [-0.15, -0.1) is 0 Å². The molecule has 0 radical (unpaired) electrons. The summed E-state index contributed by atoms with van der Waals surface area (Å²) in [6.07, 6.45) is 16.9. The van der Waals surface area contributed by atoms with Crippen LogP contribution in [0.2, 0.25) is 0 Å². The highest BCUT2D eigenvalue weighted by Crippen LogP contribution is 2.21. The normalized spacial score (nSPS) is 11.0. The molecule has 3 nitrogen and oxygen atoms in total. The van der Waals surface area contributed by atoms with Crippen molar-refractivity contribution in [3.8, 4) is 17.0 Å². The first-order valence-corrected chi connectivity index (χ1v) is 12.6. The number of hydrogen-bond acceptors (Lipinski definition) is 3. The predicted octanol–water partition coefficient (Wildman–Crippen LogP) is 8.02. The van der Waals surface area contributed by atoms with Crippen LogP contribution in [0, 0.1) is 0 Å². The van der Waals surface area contributed by atoms with Crippen LogP contribution in [0.25, 0.3) is 11.3 Å². The summed E-state index contributed by atoms with van der Waals surface area (Å²) in [6, 6.07) is 12.6. The molecule has 0 fully saturated rings. The molecule has 0 aliphatic carbocycles. The number of aromatic nitrogens is 1. The second-order valence-electron chi connectivity index (χ2n) is 8.47. The van der Waals surface area contributed by atoms with Gasteiger partial charge in [-0.25, -0.2) is 0 Å². The van der Waals surface area contributed by atoms with Gasteiger partial charge in [0.05, 0.1) is 12.3 Å². The van der Waals surface area contributed by atoms with E-state index < -0.39 is 0 Å². The maximum absolute atomic E-state index is 5.87. The summed E-state index contributed by atoms with van der Waals surface area (Å²) in [7, 11) is 0. The number of benzene rings is 1. The maximum atomic E-state index is 5.87. The van der Waals surface area contributed by atoms with Crippen molar-refractivity contribution in [2.24, 2.45) is 0 Å². The van der Waals surface area contributed by atoms with Crippen molar-refractivity contribution < 1.29 is 9.47 Å². The van der Waals surface area contributed by atoms with Gasteiger partial charge in [0.25, 0.3) is 0 Å². The highest BCUT2D eigenvalue weighted by atomic mass is 16.5. The van der Waals surface area contributed by atoms with Gasteiger partial charge in [0.2, 0.25) is 0 Å². The standard InChI is InChI=1S/C28H43NO2/c1-3-5-7-9-10-14-25-15-20-28(29-24-25)26-16-18-27(19-17-26)31-23-13-12-22-30-21-11-8-6-4-2/h15-20,24H,3-14,21-23H2,1-2H3. The lowest BCUT2D eigenvalue weighted by Gasteiger charge is -2.08. The van der Waals surface area contributed by atoms with Crippen LogP contribution in [0.15, 0.2) is 42.6 Å². The van der Waals surface area contributed by atoms with E-state index in [1.54, 1.807) is 0 Å². The third-order valence-corrected chi connectivity index (χ3v) is 5.64. The van der Waals surface area contributed by atoms with Gasteiger partial charge in [0.15, 0.2) is 0 Å². The Labute approximate surface area is 190 Å². The highest BCUT2D eigenvalue weighted by molar-refractivity contribution is 5.60. The molecule has 0 N–H and O–H groups in total. The molecule has 0 amide bonds. The van der Waals surface area contributed by atoms with Crippen molar-refractivity contribution in [2.75, 3.05) is 19.8 Å². The second-order valence-corrected chi connectivity index (χ2v) is 8.47. The molecule has 172 valence electrons. The minimum absolute atomic E-state index is 0.740. The second kappa shape index (κ2) is 16.8. The summed E-state index contributed by atoms with van der Waals surface area (Å²) in [6.45, 7) is 6.98. The molecular formula is C28H43NO2. The van der Waals surface area contributed by atoms with E-state index in [0.717, 1.165) is 56.1 Å². The van der Waals surface area contributed by atoms with Crippen molar-refractivity contribution in [1.82, 2.24) is 4.98 Å². The van der Waals surface area contributed by atoms with E-state index in [4.69, 9.17) is 9.47 Å². The lowest BCUT2D eigenvalue weighted by molar-refractivity contribution is 0.122. The molecule has 0 bridgehead atoms. The monoisotopic (exact) mass is 425 g/mol. The van der Waals surface area contributed by atoms with Crippen molar-refractivity contribution in [3.63, 3.8) is 0 Å². The minimum atomic E-state index is 0.740. The van der Waals surface area contributed by atoms with E-state index in [2.05, 4.69) is 43.1 Å².